The summed E-state index contributed by atoms with van der Waals surface area (Å²) in [6.45, 7) is 1.80. The van der Waals surface area contributed by atoms with E-state index in [-0.39, 0.29) is 10.0 Å². The highest BCUT2D eigenvalue weighted by Crippen LogP contribution is 2.44. The van der Waals surface area contributed by atoms with Crippen LogP contribution in [0.1, 0.15) is 29.7 Å². The van der Waals surface area contributed by atoms with E-state index < -0.39 is 21.3 Å². The van der Waals surface area contributed by atoms with Gasteiger partial charge in [-0.05, 0) is 49.6 Å². The first-order valence-electron chi connectivity index (χ1n) is 7.23. The second kappa shape index (κ2) is 5.72. The van der Waals surface area contributed by atoms with E-state index in [0.717, 1.165) is 22.6 Å². The van der Waals surface area contributed by atoms with Gasteiger partial charge in [-0.3, -0.25) is 4.79 Å². The first-order valence-corrected chi connectivity index (χ1v) is 9.53. The molecule has 1 heterocycles. The number of carbonyl (C=O) groups excluding carboxylic acids is 1. The Labute approximate surface area is 138 Å². The predicted molar refractivity (Wildman–Crippen MR) is 86.3 cm³/mol. The summed E-state index contributed by atoms with van der Waals surface area (Å²) in [4.78, 5) is 13.5. The zero-order chi connectivity index (χ0) is 16.7. The molecule has 1 aliphatic rings. The largest absolute Gasteiger partial charge is 0.273 e. The maximum Gasteiger partial charge on any atom is 0.273 e. The maximum absolute atomic E-state index is 13.1. The molecule has 0 spiro atoms. The van der Waals surface area contributed by atoms with Crippen molar-refractivity contribution in [1.82, 2.24) is 4.72 Å². The number of amides is 1. The third kappa shape index (κ3) is 2.90. The first kappa shape index (κ1) is 16.1. The molecule has 1 saturated carbocycles. The molecule has 122 valence electrons. The number of benzene rings is 1. The monoisotopic (exact) mass is 353 g/mol. The molecule has 0 bridgehead atoms. The lowest BCUT2D eigenvalue weighted by molar-refractivity contribution is -0.128. The molecule has 0 unspecified atom stereocenters. The number of thiophene rings is 1. The quantitative estimate of drug-likeness (QED) is 0.918. The van der Waals surface area contributed by atoms with Crippen molar-refractivity contribution in [2.45, 2.75) is 35.8 Å². The van der Waals surface area contributed by atoms with E-state index in [1.807, 2.05) is 0 Å². The number of aryl methyl sites for hydroxylation is 1. The maximum atomic E-state index is 13.1. The van der Waals surface area contributed by atoms with Crippen LogP contribution in [0.3, 0.4) is 0 Å². The Morgan fingerprint density at radius 3 is 2.30 bits per heavy atom. The average molecular weight is 353 g/mol. The lowest BCUT2D eigenvalue weighted by atomic mass is 9.64. The summed E-state index contributed by atoms with van der Waals surface area (Å²) in [6.07, 6.45) is 1.95. The Morgan fingerprint density at radius 1 is 1.17 bits per heavy atom. The smallest absolute Gasteiger partial charge is 0.273 e. The van der Waals surface area contributed by atoms with Crippen LogP contribution in [0.25, 0.3) is 0 Å². The van der Waals surface area contributed by atoms with E-state index in [4.69, 9.17) is 0 Å². The summed E-state index contributed by atoms with van der Waals surface area (Å²) in [7, 11) is -3.87. The van der Waals surface area contributed by atoms with Crippen molar-refractivity contribution in [3.63, 3.8) is 0 Å². The lowest BCUT2D eigenvalue weighted by Crippen LogP contribution is -2.50. The predicted octanol–water partition coefficient (Wildman–Crippen LogP) is 3.12. The van der Waals surface area contributed by atoms with Crippen molar-refractivity contribution in [3.8, 4) is 0 Å². The van der Waals surface area contributed by atoms with E-state index in [2.05, 4.69) is 4.72 Å². The van der Waals surface area contributed by atoms with Gasteiger partial charge in [0.15, 0.2) is 0 Å². The molecule has 1 aliphatic carbocycles. The van der Waals surface area contributed by atoms with Gasteiger partial charge in [-0.2, -0.15) is 0 Å². The first-order chi connectivity index (χ1) is 10.8. The fraction of sp³-hybridized carbons (Fsp3) is 0.312. The minimum atomic E-state index is -3.87. The van der Waals surface area contributed by atoms with Crippen LogP contribution in [0.15, 0.2) is 40.6 Å². The lowest BCUT2D eigenvalue weighted by Gasteiger charge is -2.40. The van der Waals surface area contributed by atoms with E-state index in [1.54, 1.807) is 25.1 Å². The molecular weight excluding hydrogens is 337 g/mol. The molecule has 0 aliphatic heterocycles. The summed E-state index contributed by atoms with van der Waals surface area (Å²) in [5, 5.41) is 0. The van der Waals surface area contributed by atoms with Gasteiger partial charge in [0.25, 0.3) is 10.0 Å². The van der Waals surface area contributed by atoms with Crippen molar-refractivity contribution in [1.29, 1.82) is 0 Å². The van der Waals surface area contributed by atoms with Crippen molar-refractivity contribution >= 4 is 27.3 Å². The Morgan fingerprint density at radius 2 is 1.83 bits per heavy atom. The van der Waals surface area contributed by atoms with Crippen molar-refractivity contribution in [2.75, 3.05) is 0 Å². The summed E-state index contributed by atoms with van der Waals surface area (Å²) in [5.74, 6) is -0.924. The standard InChI is InChI=1S/C16H16FNO3S2/c1-11-3-8-14(22-11)23(20,21)18-15(19)16(9-2-10-16)12-4-6-13(17)7-5-12/h3-8H,2,9-10H2,1H3,(H,18,19). The van der Waals surface area contributed by atoms with Crippen LogP contribution in [-0.4, -0.2) is 14.3 Å². The molecule has 2 aromatic rings. The summed E-state index contributed by atoms with van der Waals surface area (Å²) in [5.41, 5.74) is -0.229. The third-order valence-electron chi connectivity index (χ3n) is 4.25. The van der Waals surface area contributed by atoms with E-state index in [1.165, 1.54) is 18.2 Å². The molecule has 0 atom stereocenters. The van der Waals surface area contributed by atoms with Crippen LogP contribution in [-0.2, 0) is 20.2 Å². The van der Waals surface area contributed by atoms with Gasteiger partial charge in [-0.1, -0.05) is 18.6 Å². The zero-order valence-electron chi connectivity index (χ0n) is 12.5. The van der Waals surface area contributed by atoms with Crippen molar-refractivity contribution in [3.05, 3.63) is 52.7 Å². The van der Waals surface area contributed by atoms with Gasteiger partial charge in [0, 0.05) is 4.88 Å². The Balaban J connectivity index is 1.88. The molecule has 0 saturated heterocycles. The van der Waals surface area contributed by atoms with E-state index in [0.29, 0.717) is 18.4 Å². The number of carbonyl (C=O) groups is 1. The van der Waals surface area contributed by atoms with Gasteiger partial charge >= 0.3 is 0 Å². The number of halogens is 1. The van der Waals surface area contributed by atoms with Gasteiger partial charge in [0.2, 0.25) is 5.91 Å². The van der Waals surface area contributed by atoms with Crippen LogP contribution in [0.4, 0.5) is 4.39 Å². The molecular formula is C16H16FNO3S2. The Kier molecular flexibility index (Phi) is 4.01. The normalized spacial score (nSPS) is 16.6. The molecule has 1 amide bonds. The highest BCUT2D eigenvalue weighted by atomic mass is 32.2. The second-order valence-corrected chi connectivity index (χ2v) is 8.94. The third-order valence-corrected chi connectivity index (χ3v) is 7.07. The minimum absolute atomic E-state index is 0.122. The van der Waals surface area contributed by atoms with Gasteiger partial charge in [0.05, 0.1) is 5.41 Å². The Hall–Kier alpha value is -1.73. The number of hydrogen-bond donors (Lipinski definition) is 1. The van der Waals surface area contributed by atoms with Crippen LogP contribution in [0.2, 0.25) is 0 Å². The number of sulfonamides is 1. The molecule has 1 fully saturated rings. The highest BCUT2D eigenvalue weighted by Gasteiger charge is 2.47. The fourth-order valence-corrected chi connectivity index (χ4v) is 5.11. The molecule has 1 aromatic heterocycles. The fourth-order valence-electron chi connectivity index (χ4n) is 2.77. The van der Waals surface area contributed by atoms with E-state index in [9.17, 15) is 17.6 Å². The number of nitrogens with one attached hydrogen (secondary N) is 1. The molecule has 23 heavy (non-hydrogen) atoms. The average Bonchev–Trinajstić information content (AvgIpc) is 2.87. The second-order valence-electron chi connectivity index (χ2n) is 5.74. The molecule has 1 N–H and O–H groups in total. The van der Waals surface area contributed by atoms with Crippen LogP contribution in [0, 0.1) is 12.7 Å². The zero-order valence-corrected chi connectivity index (χ0v) is 14.1. The Bertz CT molecular complexity index is 836. The summed E-state index contributed by atoms with van der Waals surface area (Å²) < 4.78 is 40.1. The van der Waals surface area contributed by atoms with Crippen LogP contribution < -0.4 is 4.72 Å². The van der Waals surface area contributed by atoms with Crippen molar-refractivity contribution < 1.29 is 17.6 Å². The van der Waals surface area contributed by atoms with Crippen LogP contribution >= 0.6 is 11.3 Å². The topological polar surface area (TPSA) is 63.2 Å². The number of rotatable bonds is 4. The van der Waals surface area contributed by atoms with Gasteiger partial charge in [-0.15, -0.1) is 11.3 Å². The van der Waals surface area contributed by atoms with Crippen molar-refractivity contribution in [2.24, 2.45) is 0 Å². The molecule has 7 heteroatoms. The molecule has 4 nitrogen and oxygen atoms in total. The molecule has 3 rings (SSSR count). The summed E-state index contributed by atoms with van der Waals surface area (Å²) >= 11 is 1.12. The molecule has 1 aromatic carbocycles. The summed E-state index contributed by atoms with van der Waals surface area (Å²) in [6, 6.07) is 8.87. The van der Waals surface area contributed by atoms with Gasteiger partial charge < -0.3 is 0 Å². The number of hydrogen-bond acceptors (Lipinski definition) is 4. The van der Waals surface area contributed by atoms with E-state index >= 15 is 0 Å². The SMILES string of the molecule is Cc1ccc(S(=O)(=O)NC(=O)C2(c3ccc(F)cc3)CCC2)s1. The highest BCUT2D eigenvalue weighted by molar-refractivity contribution is 7.92. The molecule has 0 radical (unpaired) electrons. The van der Waals surface area contributed by atoms with Gasteiger partial charge in [0.1, 0.15) is 10.0 Å². The van der Waals surface area contributed by atoms with Crippen LogP contribution in [0.5, 0.6) is 0 Å². The minimum Gasteiger partial charge on any atom is -0.273 e. The van der Waals surface area contributed by atoms with Gasteiger partial charge in [-0.25, -0.2) is 17.5 Å².